The van der Waals surface area contributed by atoms with E-state index in [9.17, 15) is 4.79 Å². The van der Waals surface area contributed by atoms with Gasteiger partial charge in [0.15, 0.2) is 0 Å². The predicted molar refractivity (Wildman–Crippen MR) is 79.0 cm³/mol. The second-order valence-corrected chi connectivity index (χ2v) is 5.14. The first kappa shape index (κ1) is 12.9. The van der Waals surface area contributed by atoms with Crippen molar-refractivity contribution in [3.8, 4) is 0 Å². The SMILES string of the molecule is NC[C@@H]1[C@@H](c2ccccc2)C(=O)N1Cc1ccccc1. The van der Waals surface area contributed by atoms with Gasteiger partial charge in [-0.15, -0.1) is 0 Å². The molecule has 2 aromatic carbocycles. The molecule has 0 aromatic heterocycles. The minimum absolute atomic E-state index is 0.0788. The van der Waals surface area contributed by atoms with E-state index in [-0.39, 0.29) is 17.9 Å². The van der Waals surface area contributed by atoms with Crippen molar-refractivity contribution in [1.82, 2.24) is 4.90 Å². The molecule has 0 spiro atoms. The zero-order valence-electron chi connectivity index (χ0n) is 11.3. The minimum Gasteiger partial charge on any atom is -0.332 e. The molecular formula is C17H18N2O. The second kappa shape index (κ2) is 5.47. The van der Waals surface area contributed by atoms with Crippen LogP contribution in [0, 0.1) is 0 Å². The Balaban J connectivity index is 1.77. The third-order valence-corrected chi connectivity index (χ3v) is 3.93. The molecule has 1 fully saturated rings. The Morgan fingerprint density at radius 3 is 2.15 bits per heavy atom. The number of nitrogens with two attached hydrogens (primary N) is 1. The van der Waals surface area contributed by atoms with E-state index in [1.54, 1.807) is 0 Å². The van der Waals surface area contributed by atoms with Crippen molar-refractivity contribution in [2.24, 2.45) is 5.73 Å². The Bertz CT molecular complexity index is 582. The molecule has 1 aliphatic rings. The third kappa shape index (κ3) is 2.21. The fourth-order valence-electron chi connectivity index (χ4n) is 2.87. The van der Waals surface area contributed by atoms with Crippen molar-refractivity contribution in [3.05, 3.63) is 71.8 Å². The Morgan fingerprint density at radius 1 is 0.950 bits per heavy atom. The Hall–Kier alpha value is -2.13. The lowest BCUT2D eigenvalue weighted by atomic mass is 9.81. The molecule has 20 heavy (non-hydrogen) atoms. The summed E-state index contributed by atoms with van der Waals surface area (Å²) in [4.78, 5) is 14.3. The molecule has 2 aromatic rings. The van der Waals surface area contributed by atoms with Gasteiger partial charge in [0.05, 0.1) is 12.0 Å². The van der Waals surface area contributed by atoms with Crippen LogP contribution in [0.3, 0.4) is 0 Å². The number of rotatable bonds is 4. The summed E-state index contributed by atoms with van der Waals surface area (Å²) in [7, 11) is 0. The molecule has 1 saturated heterocycles. The van der Waals surface area contributed by atoms with Gasteiger partial charge in [0.2, 0.25) is 5.91 Å². The van der Waals surface area contributed by atoms with Gasteiger partial charge in [0.1, 0.15) is 0 Å². The average Bonchev–Trinajstić information content (AvgIpc) is 2.51. The maximum absolute atomic E-state index is 12.4. The number of hydrogen-bond donors (Lipinski definition) is 1. The van der Waals surface area contributed by atoms with E-state index in [4.69, 9.17) is 5.73 Å². The lowest BCUT2D eigenvalue weighted by Gasteiger charge is -2.47. The van der Waals surface area contributed by atoms with Crippen LogP contribution in [0.25, 0.3) is 0 Å². The molecule has 3 nitrogen and oxygen atoms in total. The van der Waals surface area contributed by atoms with Crippen LogP contribution in [-0.2, 0) is 11.3 Å². The highest BCUT2D eigenvalue weighted by atomic mass is 16.2. The predicted octanol–water partition coefficient (Wildman–Crippen LogP) is 2.14. The van der Waals surface area contributed by atoms with Crippen molar-refractivity contribution in [3.63, 3.8) is 0 Å². The van der Waals surface area contributed by atoms with E-state index in [2.05, 4.69) is 0 Å². The summed E-state index contributed by atoms with van der Waals surface area (Å²) >= 11 is 0. The fraction of sp³-hybridized carbons (Fsp3) is 0.235. The smallest absolute Gasteiger partial charge is 0.232 e. The van der Waals surface area contributed by atoms with Gasteiger partial charge in [-0.25, -0.2) is 0 Å². The van der Waals surface area contributed by atoms with Crippen molar-refractivity contribution in [2.75, 3.05) is 6.54 Å². The number of nitrogens with zero attached hydrogens (tertiary/aromatic N) is 1. The fourth-order valence-corrected chi connectivity index (χ4v) is 2.87. The Morgan fingerprint density at radius 2 is 1.55 bits per heavy atom. The Kier molecular flexibility index (Phi) is 3.52. The number of β-lactam (4-membered cyclic amide) rings is 1. The topological polar surface area (TPSA) is 46.3 Å². The van der Waals surface area contributed by atoms with Gasteiger partial charge in [-0.05, 0) is 11.1 Å². The monoisotopic (exact) mass is 266 g/mol. The zero-order valence-corrected chi connectivity index (χ0v) is 11.3. The van der Waals surface area contributed by atoms with Crippen molar-refractivity contribution < 1.29 is 4.79 Å². The molecule has 1 heterocycles. The minimum atomic E-state index is -0.0788. The standard InChI is InChI=1S/C17H18N2O/c18-11-15-16(14-9-5-2-6-10-14)17(20)19(15)12-13-7-3-1-4-8-13/h1-10,15-16H,11-12,18H2/t15-,16-/m1/s1. The van der Waals surface area contributed by atoms with Crippen LogP contribution >= 0.6 is 0 Å². The zero-order chi connectivity index (χ0) is 13.9. The molecular weight excluding hydrogens is 248 g/mol. The molecule has 0 saturated carbocycles. The maximum Gasteiger partial charge on any atom is 0.232 e. The molecule has 2 atom stereocenters. The van der Waals surface area contributed by atoms with Gasteiger partial charge in [-0.1, -0.05) is 60.7 Å². The van der Waals surface area contributed by atoms with Gasteiger partial charge in [-0.3, -0.25) is 4.79 Å². The highest BCUT2D eigenvalue weighted by Gasteiger charge is 2.46. The largest absolute Gasteiger partial charge is 0.332 e. The van der Waals surface area contributed by atoms with Crippen LogP contribution < -0.4 is 5.73 Å². The number of carbonyl (C=O) groups is 1. The first-order valence-corrected chi connectivity index (χ1v) is 6.90. The first-order chi connectivity index (χ1) is 9.81. The summed E-state index contributed by atoms with van der Waals surface area (Å²) in [5, 5.41) is 0. The summed E-state index contributed by atoms with van der Waals surface area (Å²) in [5.41, 5.74) is 8.09. The van der Waals surface area contributed by atoms with E-state index in [1.165, 1.54) is 0 Å². The van der Waals surface area contributed by atoms with Gasteiger partial charge in [0, 0.05) is 13.1 Å². The van der Waals surface area contributed by atoms with E-state index < -0.39 is 0 Å². The molecule has 0 aliphatic carbocycles. The number of amides is 1. The molecule has 3 heteroatoms. The van der Waals surface area contributed by atoms with E-state index in [0.717, 1.165) is 11.1 Å². The molecule has 0 radical (unpaired) electrons. The summed E-state index contributed by atoms with van der Waals surface area (Å²) in [6.45, 7) is 1.14. The first-order valence-electron chi connectivity index (χ1n) is 6.90. The van der Waals surface area contributed by atoms with Gasteiger partial charge in [0.25, 0.3) is 0 Å². The summed E-state index contributed by atoms with van der Waals surface area (Å²) in [5.74, 6) is 0.0976. The molecule has 0 unspecified atom stereocenters. The molecule has 3 rings (SSSR count). The normalized spacial score (nSPS) is 21.6. The van der Waals surface area contributed by atoms with Crippen LogP contribution in [0.1, 0.15) is 17.0 Å². The molecule has 1 amide bonds. The summed E-state index contributed by atoms with van der Waals surface area (Å²) in [6.07, 6.45) is 0. The summed E-state index contributed by atoms with van der Waals surface area (Å²) < 4.78 is 0. The second-order valence-electron chi connectivity index (χ2n) is 5.14. The summed E-state index contributed by atoms with van der Waals surface area (Å²) in [6, 6.07) is 20.1. The van der Waals surface area contributed by atoms with Crippen molar-refractivity contribution >= 4 is 5.91 Å². The van der Waals surface area contributed by atoms with Crippen LogP contribution in [0.5, 0.6) is 0 Å². The van der Waals surface area contributed by atoms with Crippen molar-refractivity contribution in [1.29, 1.82) is 0 Å². The number of hydrogen-bond acceptors (Lipinski definition) is 2. The number of carbonyl (C=O) groups excluding carboxylic acids is 1. The van der Waals surface area contributed by atoms with Crippen LogP contribution in [0.15, 0.2) is 60.7 Å². The van der Waals surface area contributed by atoms with Gasteiger partial charge in [-0.2, -0.15) is 0 Å². The van der Waals surface area contributed by atoms with Gasteiger partial charge < -0.3 is 10.6 Å². The average molecular weight is 266 g/mol. The van der Waals surface area contributed by atoms with Crippen LogP contribution in [0.2, 0.25) is 0 Å². The Labute approximate surface area is 119 Å². The number of benzene rings is 2. The van der Waals surface area contributed by atoms with Crippen molar-refractivity contribution in [2.45, 2.75) is 18.5 Å². The third-order valence-electron chi connectivity index (χ3n) is 3.93. The molecule has 2 N–H and O–H groups in total. The lowest BCUT2D eigenvalue weighted by Crippen LogP contribution is -2.61. The molecule has 102 valence electrons. The molecule has 1 aliphatic heterocycles. The van der Waals surface area contributed by atoms with E-state index in [1.807, 2.05) is 65.6 Å². The lowest BCUT2D eigenvalue weighted by molar-refractivity contribution is -0.150. The van der Waals surface area contributed by atoms with Gasteiger partial charge >= 0.3 is 0 Å². The van der Waals surface area contributed by atoms with Crippen LogP contribution in [0.4, 0.5) is 0 Å². The molecule has 0 bridgehead atoms. The highest BCUT2D eigenvalue weighted by molar-refractivity contribution is 5.91. The quantitative estimate of drug-likeness (QED) is 0.862. The van der Waals surface area contributed by atoms with Crippen LogP contribution in [-0.4, -0.2) is 23.4 Å². The highest BCUT2D eigenvalue weighted by Crippen LogP contribution is 2.36. The number of likely N-dealkylation sites (tertiary alicyclic amines) is 1. The van der Waals surface area contributed by atoms with E-state index in [0.29, 0.717) is 13.1 Å². The maximum atomic E-state index is 12.4. The van der Waals surface area contributed by atoms with E-state index >= 15 is 0 Å².